The van der Waals surface area contributed by atoms with Crippen molar-refractivity contribution in [1.82, 2.24) is 9.80 Å². The van der Waals surface area contributed by atoms with E-state index in [4.69, 9.17) is 0 Å². The number of imide groups is 1. The quantitative estimate of drug-likeness (QED) is 0.794. The van der Waals surface area contributed by atoms with E-state index in [1.165, 1.54) is 4.90 Å². The smallest absolute Gasteiger partial charge is 0.312 e. The van der Waals surface area contributed by atoms with Gasteiger partial charge in [-0.2, -0.15) is 0 Å². The summed E-state index contributed by atoms with van der Waals surface area (Å²) in [6, 6.07) is 13.7. The average molecular weight is 280 g/mol. The topological polar surface area (TPSA) is 40.6 Å². The molecule has 1 unspecified atom stereocenters. The van der Waals surface area contributed by atoms with E-state index in [1.54, 1.807) is 4.90 Å². The van der Waals surface area contributed by atoms with Crippen LogP contribution in [0.5, 0.6) is 0 Å². The minimum atomic E-state index is -0.215. The summed E-state index contributed by atoms with van der Waals surface area (Å²) in [4.78, 5) is 27.9. The first kappa shape index (κ1) is 12.4. The van der Waals surface area contributed by atoms with Crippen LogP contribution in [-0.2, 0) is 11.3 Å². The van der Waals surface area contributed by atoms with Crippen LogP contribution in [0.4, 0.5) is 4.79 Å². The lowest BCUT2D eigenvalue weighted by Crippen LogP contribution is -2.32. The van der Waals surface area contributed by atoms with E-state index in [1.807, 2.05) is 42.5 Å². The van der Waals surface area contributed by atoms with E-state index >= 15 is 0 Å². The van der Waals surface area contributed by atoms with Crippen molar-refractivity contribution in [2.75, 3.05) is 6.54 Å². The number of carbonyl (C=O) groups is 2. The van der Waals surface area contributed by atoms with Gasteiger partial charge in [-0.05, 0) is 29.2 Å². The molecule has 2 aromatic rings. The molecule has 0 spiro atoms. The van der Waals surface area contributed by atoms with Gasteiger partial charge < -0.3 is 4.90 Å². The van der Waals surface area contributed by atoms with Crippen LogP contribution in [0.25, 0.3) is 10.8 Å². The van der Waals surface area contributed by atoms with Crippen molar-refractivity contribution in [2.24, 2.45) is 0 Å². The number of urea groups is 1. The van der Waals surface area contributed by atoms with Crippen LogP contribution in [0.3, 0.4) is 0 Å². The Labute approximate surface area is 122 Å². The van der Waals surface area contributed by atoms with Crippen molar-refractivity contribution in [3.63, 3.8) is 0 Å². The highest BCUT2D eigenvalue weighted by Crippen LogP contribution is 2.29. The van der Waals surface area contributed by atoms with Gasteiger partial charge in [-0.1, -0.05) is 42.5 Å². The van der Waals surface area contributed by atoms with Gasteiger partial charge in [-0.25, -0.2) is 4.79 Å². The second kappa shape index (κ2) is 4.58. The third-order valence-electron chi connectivity index (χ3n) is 4.49. The summed E-state index contributed by atoms with van der Waals surface area (Å²) in [5.41, 5.74) is 1.02. The molecule has 0 bridgehead atoms. The summed E-state index contributed by atoms with van der Waals surface area (Å²) in [7, 11) is 0. The minimum absolute atomic E-state index is 0.0366. The van der Waals surface area contributed by atoms with E-state index in [0.717, 1.165) is 29.2 Å². The zero-order chi connectivity index (χ0) is 14.4. The minimum Gasteiger partial charge on any atom is -0.312 e. The molecule has 2 aromatic carbocycles. The number of hydrogen-bond donors (Lipinski definition) is 0. The van der Waals surface area contributed by atoms with Crippen LogP contribution in [0.2, 0.25) is 0 Å². The summed E-state index contributed by atoms with van der Waals surface area (Å²) < 4.78 is 0. The highest BCUT2D eigenvalue weighted by Gasteiger charge is 2.47. The summed E-state index contributed by atoms with van der Waals surface area (Å²) in [6.45, 7) is 1.08. The zero-order valence-electron chi connectivity index (χ0n) is 11.7. The number of amides is 3. The van der Waals surface area contributed by atoms with Crippen molar-refractivity contribution < 1.29 is 9.59 Å². The molecule has 4 nitrogen and oxygen atoms in total. The summed E-state index contributed by atoms with van der Waals surface area (Å²) in [6.07, 6.45) is 1.74. The fourth-order valence-electron chi connectivity index (χ4n) is 3.43. The van der Waals surface area contributed by atoms with E-state index < -0.39 is 0 Å². The molecule has 3 amide bonds. The number of hydrogen-bond acceptors (Lipinski definition) is 2. The summed E-state index contributed by atoms with van der Waals surface area (Å²) >= 11 is 0. The van der Waals surface area contributed by atoms with Crippen molar-refractivity contribution in [1.29, 1.82) is 0 Å². The SMILES string of the molecule is O=C1C2CCCN2C(=O)N1Cc1cccc2ccccc12. The molecular weight excluding hydrogens is 264 g/mol. The second-order valence-electron chi connectivity index (χ2n) is 5.70. The maximum absolute atomic E-state index is 12.4. The Morgan fingerprint density at radius 2 is 1.86 bits per heavy atom. The average Bonchev–Trinajstić information content (AvgIpc) is 3.07. The second-order valence-corrected chi connectivity index (χ2v) is 5.70. The maximum Gasteiger partial charge on any atom is 0.327 e. The Morgan fingerprint density at radius 3 is 2.71 bits per heavy atom. The summed E-state index contributed by atoms with van der Waals surface area (Å²) in [5.74, 6) is -0.0366. The van der Waals surface area contributed by atoms with Crippen LogP contribution in [0.1, 0.15) is 18.4 Å². The van der Waals surface area contributed by atoms with Crippen molar-refractivity contribution in [3.05, 3.63) is 48.0 Å². The number of nitrogens with zero attached hydrogens (tertiary/aromatic N) is 2. The highest BCUT2D eigenvalue weighted by molar-refractivity contribution is 6.04. The van der Waals surface area contributed by atoms with Gasteiger partial charge in [-0.15, -0.1) is 0 Å². The van der Waals surface area contributed by atoms with Gasteiger partial charge in [0.25, 0.3) is 5.91 Å². The Kier molecular flexibility index (Phi) is 2.70. The van der Waals surface area contributed by atoms with Crippen molar-refractivity contribution >= 4 is 22.7 Å². The van der Waals surface area contributed by atoms with E-state index in [9.17, 15) is 9.59 Å². The third-order valence-corrected chi connectivity index (χ3v) is 4.49. The first-order valence-electron chi connectivity index (χ1n) is 7.34. The molecule has 0 aliphatic carbocycles. The van der Waals surface area contributed by atoms with Gasteiger partial charge in [0.05, 0.1) is 6.54 Å². The zero-order valence-corrected chi connectivity index (χ0v) is 11.7. The monoisotopic (exact) mass is 280 g/mol. The lowest BCUT2D eigenvalue weighted by atomic mass is 10.0. The van der Waals surface area contributed by atoms with Crippen LogP contribution < -0.4 is 0 Å². The number of carbonyl (C=O) groups excluding carboxylic acids is 2. The molecule has 0 aromatic heterocycles. The van der Waals surface area contributed by atoms with Gasteiger partial charge in [0.1, 0.15) is 6.04 Å². The molecule has 21 heavy (non-hydrogen) atoms. The number of benzene rings is 2. The lowest BCUT2D eigenvalue weighted by Gasteiger charge is -2.16. The van der Waals surface area contributed by atoms with Gasteiger partial charge in [0, 0.05) is 6.54 Å². The van der Waals surface area contributed by atoms with E-state index in [-0.39, 0.29) is 18.0 Å². The first-order chi connectivity index (χ1) is 10.3. The largest absolute Gasteiger partial charge is 0.327 e. The number of fused-ring (bicyclic) bond motifs is 2. The molecule has 2 aliphatic rings. The van der Waals surface area contributed by atoms with Crippen molar-refractivity contribution in [2.45, 2.75) is 25.4 Å². The van der Waals surface area contributed by atoms with E-state index in [2.05, 4.69) is 0 Å². The fourth-order valence-corrected chi connectivity index (χ4v) is 3.43. The van der Waals surface area contributed by atoms with Gasteiger partial charge in [0.2, 0.25) is 0 Å². The van der Waals surface area contributed by atoms with Crippen LogP contribution in [-0.4, -0.2) is 34.3 Å². The van der Waals surface area contributed by atoms with Gasteiger partial charge >= 0.3 is 6.03 Å². The fraction of sp³-hybridized carbons (Fsp3) is 0.294. The highest BCUT2D eigenvalue weighted by atomic mass is 16.2. The molecule has 0 saturated carbocycles. The molecule has 2 heterocycles. The molecule has 4 heteroatoms. The Hall–Kier alpha value is -2.36. The number of rotatable bonds is 2. The van der Waals surface area contributed by atoms with Gasteiger partial charge in [0.15, 0.2) is 0 Å². The Morgan fingerprint density at radius 1 is 1.05 bits per heavy atom. The maximum atomic E-state index is 12.4. The van der Waals surface area contributed by atoms with Crippen LogP contribution in [0.15, 0.2) is 42.5 Å². The molecule has 106 valence electrons. The third kappa shape index (κ3) is 1.82. The molecule has 0 radical (unpaired) electrons. The van der Waals surface area contributed by atoms with Crippen molar-refractivity contribution in [3.8, 4) is 0 Å². The van der Waals surface area contributed by atoms with Crippen LogP contribution >= 0.6 is 0 Å². The molecule has 1 atom stereocenters. The van der Waals surface area contributed by atoms with E-state index in [0.29, 0.717) is 13.1 Å². The standard InChI is InChI=1S/C17H16N2O2/c20-16-15-9-4-10-18(15)17(21)19(16)11-13-7-3-6-12-5-1-2-8-14(12)13/h1-3,5-8,15H,4,9-11H2. The molecule has 2 saturated heterocycles. The molecular formula is C17H16N2O2. The molecule has 4 rings (SSSR count). The Bertz CT molecular complexity index is 713. The molecule has 0 N–H and O–H groups in total. The predicted molar refractivity (Wildman–Crippen MR) is 79.6 cm³/mol. The van der Waals surface area contributed by atoms with Gasteiger partial charge in [-0.3, -0.25) is 9.69 Å². The van der Waals surface area contributed by atoms with Crippen LogP contribution in [0, 0.1) is 0 Å². The lowest BCUT2D eigenvalue weighted by molar-refractivity contribution is -0.128. The molecule has 2 aliphatic heterocycles. The summed E-state index contributed by atoms with van der Waals surface area (Å²) in [5, 5.41) is 2.24. The normalized spacial score (nSPS) is 21.4. The molecule has 2 fully saturated rings. The predicted octanol–water partition coefficient (Wildman–Crippen LogP) is 2.77. The Balaban J connectivity index is 1.69. The first-order valence-corrected chi connectivity index (χ1v) is 7.34.